The molecule has 1 aliphatic rings. The molecular weight excluding hydrogens is 406 g/mol. The summed E-state index contributed by atoms with van der Waals surface area (Å²) in [7, 11) is 3.24. The summed E-state index contributed by atoms with van der Waals surface area (Å²) >= 11 is 0. The van der Waals surface area contributed by atoms with Crippen LogP contribution in [0.5, 0.6) is 23.0 Å². The first-order chi connectivity index (χ1) is 15.7. The van der Waals surface area contributed by atoms with Crippen molar-refractivity contribution in [2.45, 2.75) is 0 Å². The standard InChI is InChI=1S/C25H19N3O4/c1-29-21-9-7-15(11-23(21)30-2)18-13-20(16-8-10-22-24(12-16)32-14-31-22)28-19-6-4-3-5-17(19)26-25(28)27-18/h3-13H,14H2,1-2H3. The fourth-order valence-corrected chi connectivity index (χ4v) is 4.07. The van der Waals surface area contributed by atoms with E-state index < -0.39 is 0 Å². The molecule has 3 aromatic carbocycles. The van der Waals surface area contributed by atoms with Gasteiger partial charge < -0.3 is 18.9 Å². The van der Waals surface area contributed by atoms with E-state index >= 15 is 0 Å². The summed E-state index contributed by atoms with van der Waals surface area (Å²) in [5.41, 5.74) is 5.48. The highest BCUT2D eigenvalue weighted by molar-refractivity contribution is 5.84. The fraction of sp³-hybridized carbons (Fsp3) is 0.120. The number of benzene rings is 3. The van der Waals surface area contributed by atoms with Crippen molar-refractivity contribution in [3.63, 3.8) is 0 Å². The van der Waals surface area contributed by atoms with E-state index in [0.29, 0.717) is 17.3 Å². The lowest BCUT2D eigenvalue weighted by Gasteiger charge is -2.12. The van der Waals surface area contributed by atoms with Crippen LogP contribution in [0.15, 0.2) is 66.7 Å². The zero-order valence-corrected chi connectivity index (χ0v) is 17.5. The van der Waals surface area contributed by atoms with Crippen molar-refractivity contribution in [1.29, 1.82) is 0 Å². The molecule has 0 spiro atoms. The van der Waals surface area contributed by atoms with E-state index in [0.717, 1.165) is 45.0 Å². The van der Waals surface area contributed by atoms with Gasteiger partial charge >= 0.3 is 0 Å². The molecule has 7 nitrogen and oxygen atoms in total. The molecule has 0 saturated carbocycles. The van der Waals surface area contributed by atoms with Crippen molar-refractivity contribution >= 4 is 16.8 Å². The molecule has 0 atom stereocenters. The van der Waals surface area contributed by atoms with E-state index in [9.17, 15) is 0 Å². The van der Waals surface area contributed by atoms with Gasteiger partial charge in [0.05, 0.1) is 36.6 Å². The quantitative estimate of drug-likeness (QED) is 0.405. The number of fused-ring (bicyclic) bond motifs is 4. The number of nitrogens with zero attached hydrogens (tertiary/aromatic N) is 3. The van der Waals surface area contributed by atoms with Crippen molar-refractivity contribution in [3.05, 3.63) is 66.7 Å². The summed E-state index contributed by atoms with van der Waals surface area (Å²) in [5, 5.41) is 0. The van der Waals surface area contributed by atoms with Crippen LogP contribution in [-0.4, -0.2) is 35.4 Å². The average Bonchev–Trinajstić information content (AvgIpc) is 3.46. The van der Waals surface area contributed by atoms with Crippen LogP contribution in [-0.2, 0) is 0 Å². The van der Waals surface area contributed by atoms with E-state index in [1.807, 2.05) is 60.7 Å². The second-order valence-corrected chi connectivity index (χ2v) is 7.40. The lowest BCUT2D eigenvalue weighted by Crippen LogP contribution is -1.98. The topological polar surface area (TPSA) is 67.1 Å². The Hall–Kier alpha value is -4.26. The number of methoxy groups -OCH3 is 2. The zero-order valence-electron chi connectivity index (χ0n) is 17.5. The van der Waals surface area contributed by atoms with Crippen LogP contribution in [0, 0.1) is 0 Å². The first kappa shape index (κ1) is 18.5. The Morgan fingerprint density at radius 2 is 1.59 bits per heavy atom. The molecule has 0 fully saturated rings. The first-order valence-corrected chi connectivity index (χ1v) is 10.2. The number of aromatic nitrogens is 3. The molecule has 6 rings (SSSR count). The SMILES string of the molecule is COc1ccc(-c2cc(-c3ccc4c(c3)OCO4)n3c(n2)nc2ccccc23)cc1OC. The van der Waals surface area contributed by atoms with Crippen molar-refractivity contribution in [3.8, 4) is 45.5 Å². The Bertz CT molecular complexity index is 1490. The van der Waals surface area contributed by atoms with Crippen LogP contribution >= 0.6 is 0 Å². The number of ether oxygens (including phenoxy) is 4. The van der Waals surface area contributed by atoms with Crippen molar-refractivity contribution in [2.75, 3.05) is 21.0 Å². The lowest BCUT2D eigenvalue weighted by molar-refractivity contribution is 0.174. The van der Waals surface area contributed by atoms with E-state index in [4.69, 9.17) is 28.9 Å². The molecule has 0 unspecified atom stereocenters. The second-order valence-electron chi connectivity index (χ2n) is 7.40. The van der Waals surface area contributed by atoms with Gasteiger partial charge in [0, 0.05) is 11.1 Å². The van der Waals surface area contributed by atoms with Gasteiger partial charge in [0.15, 0.2) is 23.0 Å². The van der Waals surface area contributed by atoms with E-state index in [2.05, 4.69) is 10.5 Å². The van der Waals surface area contributed by atoms with Gasteiger partial charge in [0.2, 0.25) is 12.6 Å². The average molecular weight is 425 g/mol. The molecule has 0 saturated heterocycles. The molecule has 0 radical (unpaired) electrons. The Balaban J connectivity index is 1.63. The molecule has 0 aliphatic carbocycles. The predicted molar refractivity (Wildman–Crippen MR) is 121 cm³/mol. The van der Waals surface area contributed by atoms with E-state index in [1.54, 1.807) is 14.2 Å². The Morgan fingerprint density at radius 3 is 2.47 bits per heavy atom. The molecule has 0 amide bonds. The number of imidazole rings is 1. The predicted octanol–water partition coefficient (Wildman–Crippen LogP) is 4.96. The largest absolute Gasteiger partial charge is 0.493 e. The number of para-hydroxylation sites is 2. The van der Waals surface area contributed by atoms with Crippen molar-refractivity contribution in [2.24, 2.45) is 0 Å². The highest BCUT2D eigenvalue weighted by atomic mass is 16.7. The highest BCUT2D eigenvalue weighted by Crippen LogP contribution is 2.38. The van der Waals surface area contributed by atoms with Gasteiger partial charge in [-0.2, -0.15) is 0 Å². The van der Waals surface area contributed by atoms with Crippen LogP contribution in [0.3, 0.4) is 0 Å². The molecule has 0 N–H and O–H groups in total. The van der Waals surface area contributed by atoms with Crippen LogP contribution in [0.4, 0.5) is 0 Å². The minimum atomic E-state index is 0.232. The minimum Gasteiger partial charge on any atom is -0.493 e. The maximum absolute atomic E-state index is 5.62. The summed E-state index contributed by atoms with van der Waals surface area (Å²) in [4.78, 5) is 9.65. The van der Waals surface area contributed by atoms with Crippen LogP contribution < -0.4 is 18.9 Å². The summed E-state index contributed by atoms with van der Waals surface area (Å²) < 4.78 is 24.1. The monoisotopic (exact) mass is 425 g/mol. The molecule has 1 aliphatic heterocycles. The summed E-state index contributed by atoms with van der Waals surface area (Å²) in [6.07, 6.45) is 0. The lowest BCUT2D eigenvalue weighted by atomic mass is 10.1. The smallest absolute Gasteiger partial charge is 0.235 e. The Morgan fingerprint density at radius 1 is 0.781 bits per heavy atom. The third-order valence-corrected chi connectivity index (χ3v) is 5.63. The second kappa shape index (κ2) is 7.16. The van der Waals surface area contributed by atoms with E-state index in [-0.39, 0.29) is 6.79 Å². The van der Waals surface area contributed by atoms with Crippen LogP contribution in [0.2, 0.25) is 0 Å². The summed E-state index contributed by atoms with van der Waals surface area (Å²) in [6, 6.07) is 21.8. The normalized spacial score (nSPS) is 12.4. The number of hydrogen-bond donors (Lipinski definition) is 0. The minimum absolute atomic E-state index is 0.232. The molecule has 5 aromatic rings. The molecule has 158 valence electrons. The van der Waals surface area contributed by atoms with Crippen LogP contribution in [0.25, 0.3) is 39.3 Å². The molecule has 0 bridgehead atoms. The summed E-state index contributed by atoms with van der Waals surface area (Å²) in [5.74, 6) is 3.40. The molecule has 32 heavy (non-hydrogen) atoms. The van der Waals surface area contributed by atoms with Crippen LogP contribution in [0.1, 0.15) is 0 Å². The molecule has 7 heteroatoms. The van der Waals surface area contributed by atoms with Gasteiger partial charge in [0.1, 0.15) is 0 Å². The van der Waals surface area contributed by atoms with Gasteiger partial charge in [-0.05, 0) is 54.6 Å². The fourth-order valence-electron chi connectivity index (χ4n) is 4.07. The number of rotatable bonds is 4. The maximum Gasteiger partial charge on any atom is 0.235 e. The van der Waals surface area contributed by atoms with Crippen molar-refractivity contribution < 1.29 is 18.9 Å². The van der Waals surface area contributed by atoms with Gasteiger partial charge in [-0.3, -0.25) is 4.40 Å². The summed E-state index contributed by atoms with van der Waals surface area (Å²) in [6.45, 7) is 0.232. The maximum atomic E-state index is 5.62. The third kappa shape index (κ3) is 2.82. The first-order valence-electron chi connectivity index (χ1n) is 10.2. The zero-order chi connectivity index (χ0) is 21.7. The molecule has 2 aromatic heterocycles. The highest BCUT2D eigenvalue weighted by Gasteiger charge is 2.19. The third-order valence-electron chi connectivity index (χ3n) is 5.63. The number of hydrogen-bond acceptors (Lipinski definition) is 6. The Kier molecular flexibility index (Phi) is 4.14. The van der Waals surface area contributed by atoms with Gasteiger partial charge in [-0.15, -0.1) is 0 Å². The van der Waals surface area contributed by atoms with Crippen molar-refractivity contribution in [1.82, 2.24) is 14.4 Å². The Labute approximate surface area is 183 Å². The van der Waals surface area contributed by atoms with Gasteiger partial charge in [0.25, 0.3) is 0 Å². The van der Waals surface area contributed by atoms with Gasteiger partial charge in [-0.1, -0.05) is 12.1 Å². The van der Waals surface area contributed by atoms with Gasteiger partial charge in [-0.25, -0.2) is 9.97 Å². The molecule has 3 heterocycles. The molecular formula is C25H19N3O4. The van der Waals surface area contributed by atoms with E-state index in [1.165, 1.54) is 0 Å².